The van der Waals surface area contributed by atoms with Crippen molar-refractivity contribution in [3.05, 3.63) is 69.8 Å². The smallest absolute Gasteiger partial charge is 0.324 e. The molecule has 0 saturated heterocycles. The zero-order valence-corrected chi connectivity index (χ0v) is 19.3. The molecule has 1 aromatic heterocycles. The maximum atomic E-state index is 12.6. The van der Waals surface area contributed by atoms with Gasteiger partial charge in [-0.05, 0) is 56.5 Å². The average molecular weight is 461 g/mol. The topological polar surface area (TPSA) is 79.2 Å². The van der Waals surface area contributed by atoms with Crippen molar-refractivity contribution in [3.8, 4) is 5.69 Å². The van der Waals surface area contributed by atoms with Gasteiger partial charge in [0.1, 0.15) is 5.82 Å². The normalized spacial score (nSPS) is 11.4. The predicted octanol–water partition coefficient (Wildman–Crippen LogP) is 6.39. The molecular weight excluding hydrogens is 435 g/mol. The van der Waals surface area contributed by atoms with Crippen molar-refractivity contribution in [1.82, 2.24) is 9.78 Å². The molecule has 3 aromatic rings. The second-order valence-electron chi connectivity index (χ2n) is 7.82. The Balaban J connectivity index is 1.87. The Hall–Kier alpha value is -2.54. The first-order valence-corrected chi connectivity index (χ1v) is 10.9. The molecule has 0 fully saturated rings. The van der Waals surface area contributed by atoms with Gasteiger partial charge >= 0.3 is 6.03 Å². The molecule has 0 bridgehead atoms. The van der Waals surface area contributed by atoms with E-state index in [-0.39, 0.29) is 5.02 Å². The number of rotatable bonds is 7. The lowest BCUT2D eigenvalue weighted by atomic mass is 9.98. The van der Waals surface area contributed by atoms with Crippen molar-refractivity contribution < 1.29 is 9.90 Å². The molecule has 6 nitrogen and oxygen atoms in total. The molecule has 0 saturated carbocycles. The maximum absolute atomic E-state index is 12.6. The minimum atomic E-state index is -0.938. The van der Waals surface area contributed by atoms with Gasteiger partial charge in [0.25, 0.3) is 0 Å². The number of hydrogen-bond donors (Lipinski definition) is 3. The van der Waals surface area contributed by atoms with Crippen LogP contribution in [-0.4, -0.2) is 20.9 Å². The molecule has 3 rings (SSSR count). The fourth-order valence-electron chi connectivity index (χ4n) is 3.08. The van der Waals surface area contributed by atoms with E-state index in [9.17, 15) is 9.90 Å². The number of nitrogens with zero attached hydrogens (tertiary/aromatic N) is 2. The summed E-state index contributed by atoms with van der Waals surface area (Å²) in [5.74, 6) is 0.526. The van der Waals surface area contributed by atoms with Crippen LogP contribution in [0.25, 0.3) is 5.69 Å². The van der Waals surface area contributed by atoms with Gasteiger partial charge in [0.15, 0.2) is 0 Å². The van der Waals surface area contributed by atoms with E-state index in [1.807, 2.05) is 30.3 Å². The van der Waals surface area contributed by atoms with Gasteiger partial charge in [-0.1, -0.05) is 54.7 Å². The van der Waals surface area contributed by atoms with Crippen LogP contribution < -0.4 is 10.6 Å². The Bertz CT molecular complexity index is 1060. The second-order valence-corrected chi connectivity index (χ2v) is 8.61. The highest BCUT2D eigenvalue weighted by molar-refractivity contribution is 6.44. The summed E-state index contributed by atoms with van der Waals surface area (Å²) >= 11 is 12.2. The molecule has 0 unspecified atom stereocenters. The molecule has 8 heteroatoms. The summed E-state index contributed by atoms with van der Waals surface area (Å²) < 4.78 is 1.68. The highest BCUT2D eigenvalue weighted by atomic mass is 35.5. The zero-order chi connectivity index (χ0) is 22.6. The van der Waals surface area contributed by atoms with Crippen LogP contribution in [0.3, 0.4) is 0 Å². The quantitative estimate of drug-likeness (QED) is 0.381. The number of halogens is 2. The van der Waals surface area contributed by atoms with E-state index in [0.29, 0.717) is 16.5 Å². The summed E-state index contributed by atoms with van der Waals surface area (Å²) in [4.78, 5) is 12.6. The number of carbonyl (C=O) groups excluding carboxylic acids is 1. The van der Waals surface area contributed by atoms with Gasteiger partial charge in [0, 0.05) is 6.07 Å². The molecule has 3 N–H and O–H groups in total. The molecule has 0 spiro atoms. The molecule has 164 valence electrons. The van der Waals surface area contributed by atoms with E-state index in [4.69, 9.17) is 23.2 Å². The van der Waals surface area contributed by atoms with Crippen LogP contribution in [0.5, 0.6) is 0 Å². The van der Waals surface area contributed by atoms with Crippen LogP contribution in [0.2, 0.25) is 10.0 Å². The lowest BCUT2D eigenvalue weighted by Crippen LogP contribution is -2.21. The van der Waals surface area contributed by atoms with E-state index in [1.54, 1.807) is 36.7 Å². The first-order valence-electron chi connectivity index (χ1n) is 10.1. The standard InChI is InChI=1S/C23H26Cl2N4O2/c1-4-5-7-16-14-20(27-22(30)26-19-9-6-8-18(24)21(19)25)29(28-16)17-12-10-15(11-13-17)23(2,3)31/h6,8-14,31H,4-5,7H2,1-3H3,(H2,26,27,30). The highest BCUT2D eigenvalue weighted by Gasteiger charge is 2.17. The Morgan fingerprint density at radius 2 is 1.84 bits per heavy atom. The van der Waals surface area contributed by atoms with Gasteiger partial charge in [-0.15, -0.1) is 0 Å². The monoisotopic (exact) mass is 460 g/mol. The van der Waals surface area contributed by atoms with Crippen LogP contribution in [-0.2, 0) is 12.0 Å². The lowest BCUT2D eigenvalue weighted by molar-refractivity contribution is 0.0786. The van der Waals surface area contributed by atoms with E-state index in [2.05, 4.69) is 22.7 Å². The molecule has 0 aliphatic carbocycles. The minimum Gasteiger partial charge on any atom is -0.386 e. The Kier molecular flexibility index (Phi) is 7.26. The summed E-state index contributed by atoms with van der Waals surface area (Å²) in [6.07, 6.45) is 2.85. The van der Waals surface area contributed by atoms with Gasteiger partial charge < -0.3 is 10.4 Å². The van der Waals surface area contributed by atoms with E-state index in [1.165, 1.54) is 0 Å². The van der Waals surface area contributed by atoms with Gasteiger partial charge in [-0.25, -0.2) is 9.48 Å². The Labute approximate surface area is 192 Å². The summed E-state index contributed by atoms with van der Waals surface area (Å²) in [7, 11) is 0. The minimum absolute atomic E-state index is 0.277. The number of aliphatic hydroxyl groups is 1. The van der Waals surface area contributed by atoms with Gasteiger partial charge in [0.2, 0.25) is 0 Å². The molecule has 0 aliphatic rings. The molecule has 0 atom stereocenters. The van der Waals surface area contributed by atoms with Crippen molar-refractivity contribution in [1.29, 1.82) is 0 Å². The third-order valence-electron chi connectivity index (χ3n) is 4.81. The largest absolute Gasteiger partial charge is 0.386 e. The summed E-state index contributed by atoms with van der Waals surface area (Å²) in [5, 5.41) is 21.1. The number of benzene rings is 2. The fraction of sp³-hybridized carbons (Fsp3) is 0.304. The number of hydrogen-bond acceptors (Lipinski definition) is 3. The number of amides is 2. The number of aromatic nitrogens is 2. The number of anilines is 2. The van der Waals surface area contributed by atoms with Gasteiger partial charge in [-0.2, -0.15) is 5.10 Å². The predicted molar refractivity (Wildman–Crippen MR) is 127 cm³/mol. The molecule has 31 heavy (non-hydrogen) atoms. The number of urea groups is 1. The highest BCUT2D eigenvalue weighted by Crippen LogP contribution is 2.30. The van der Waals surface area contributed by atoms with Crippen LogP contribution in [0.4, 0.5) is 16.3 Å². The second kappa shape index (κ2) is 9.73. The summed E-state index contributed by atoms with van der Waals surface area (Å²) in [6.45, 7) is 5.59. The average Bonchev–Trinajstić information content (AvgIpc) is 3.11. The SMILES string of the molecule is CCCCc1cc(NC(=O)Nc2cccc(Cl)c2Cl)n(-c2ccc(C(C)(C)O)cc2)n1. The van der Waals surface area contributed by atoms with Crippen molar-refractivity contribution in [2.24, 2.45) is 0 Å². The van der Waals surface area contributed by atoms with E-state index in [0.717, 1.165) is 36.2 Å². The lowest BCUT2D eigenvalue weighted by Gasteiger charge is -2.18. The first-order chi connectivity index (χ1) is 14.7. The number of unbranched alkanes of at least 4 members (excludes halogenated alkanes) is 1. The van der Waals surface area contributed by atoms with Crippen molar-refractivity contribution >= 4 is 40.7 Å². The number of carbonyl (C=O) groups is 1. The van der Waals surface area contributed by atoms with Crippen molar-refractivity contribution in [2.75, 3.05) is 10.6 Å². The van der Waals surface area contributed by atoms with Crippen molar-refractivity contribution in [2.45, 2.75) is 45.6 Å². The third-order valence-corrected chi connectivity index (χ3v) is 5.63. The molecule has 2 aromatic carbocycles. The Morgan fingerprint density at radius 1 is 1.13 bits per heavy atom. The fourth-order valence-corrected chi connectivity index (χ4v) is 3.42. The summed E-state index contributed by atoms with van der Waals surface area (Å²) in [6, 6.07) is 13.9. The van der Waals surface area contributed by atoms with Gasteiger partial charge in [-0.3, -0.25) is 5.32 Å². The first kappa shape index (κ1) is 23.1. The third kappa shape index (κ3) is 5.79. The molecule has 1 heterocycles. The van der Waals surface area contributed by atoms with E-state index < -0.39 is 11.6 Å². The van der Waals surface area contributed by atoms with Crippen molar-refractivity contribution in [3.63, 3.8) is 0 Å². The van der Waals surface area contributed by atoms with Crippen LogP contribution in [0, 0.1) is 0 Å². The maximum Gasteiger partial charge on any atom is 0.324 e. The van der Waals surface area contributed by atoms with Crippen LogP contribution >= 0.6 is 23.2 Å². The zero-order valence-electron chi connectivity index (χ0n) is 17.7. The van der Waals surface area contributed by atoms with Crippen LogP contribution in [0.1, 0.15) is 44.9 Å². The van der Waals surface area contributed by atoms with Gasteiger partial charge in [0.05, 0.1) is 32.7 Å². The summed E-state index contributed by atoms with van der Waals surface area (Å²) in [5.41, 5.74) is 1.92. The number of nitrogens with one attached hydrogen (secondary N) is 2. The molecule has 2 amide bonds. The molecule has 0 aliphatic heterocycles. The number of aryl methyl sites for hydroxylation is 1. The Morgan fingerprint density at radius 3 is 2.48 bits per heavy atom. The van der Waals surface area contributed by atoms with Crippen LogP contribution in [0.15, 0.2) is 48.5 Å². The van der Waals surface area contributed by atoms with E-state index >= 15 is 0 Å². The molecule has 0 radical (unpaired) electrons. The molecular formula is C23H26Cl2N4O2.